The van der Waals surface area contributed by atoms with E-state index in [2.05, 4.69) is 10.1 Å². The third-order valence-electron chi connectivity index (χ3n) is 1.48. The molecule has 0 N–H and O–H groups in total. The van der Waals surface area contributed by atoms with E-state index in [1.54, 1.807) is 6.33 Å². The molecule has 1 aromatic carbocycles. The van der Waals surface area contributed by atoms with E-state index in [0.29, 0.717) is 0 Å². The van der Waals surface area contributed by atoms with Crippen molar-refractivity contribution >= 4 is 0 Å². The highest BCUT2D eigenvalue weighted by atomic mass is 16.5. The van der Waals surface area contributed by atoms with Crippen LogP contribution in [0.2, 0.25) is 0 Å². The molecular formula is C9H8N3O. The molecule has 1 radical (unpaired) electrons. The van der Waals surface area contributed by atoms with Crippen molar-refractivity contribution in [2.24, 2.45) is 0 Å². The summed E-state index contributed by atoms with van der Waals surface area (Å²) in [6, 6.07) is 9.48. The molecule has 1 heterocycles. The number of ether oxygens (including phenoxy) is 1. The zero-order valence-corrected chi connectivity index (χ0v) is 6.87. The lowest BCUT2D eigenvalue weighted by Crippen LogP contribution is -2.01. The van der Waals surface area contributed by atoms with Gasteiger partial charge in [-0.25, -0.2) is 9.67 Å². The lowest BCUT2D eigenvalue weighted by Gasteiger charge is -2.02. The average molecular weight is 174 g/mol. The number of hydrogen-bond donors (Lipinski definition) is 0. The molecule has 0 fully saturated rings. The van der Waals surface area contributed by atoms with Crippen LogP contribution in [0.5, 0.6) is 5.75 Å². The van der Waals surface area contributed by atoms with Gasteiger partial charge in [0, 0.05) is 0 Å². The standard InChI is InChI=1S/C9H8N3O/c1-2-4-9(5-3-1)13-8-12-7-10-6-11-12/h1-8H. The molecule has 4 nitrogen and oxygen atoms in total. The van der Waals surface area contributed by atoms with Gasteiger partial charge in [0.2, 0.25) is 6.73 Å². The van der Waals surface area contributed by atoms with Gasteiger partial charge >= 0.3 is 0 Å². The van der Waals surface area contributed by atoms with Gasteiger partial charge in [0.1, 0.15) is 18.4 Å². The van der Waals surface area contributed by atoms with E-state index in [-0.39, 0.29) is 0 Å². The molecule has 0 unspecified atom stereocenters. The van der Waals surface area contributed by atoms with Crippen molar-refractivity contribution in [3.63, 3.8) is 0 Å². The van der Waals surface area contributed by atoms with Crippen molar-refractivity contribution in [2.45, 2.75) is 0 Å². The molecule has 1 aromatic heterocycles. The van der Waals surface area contributed by atoms with Gasteiger partial charge in [-0.15, -0.1) is 0 Å². The van der Waals surface area contributed by atoms with Crippen LogP contribution < -0.4 is 4.74 Å². The smallest absolute Gasteiger partial charge is 0.250 e. The molecule has 0 aliphatic rings. The molecule has 4 heteroatoms. The zero-order valence-electron chi connectivity index (χ0n) is 6.87. The Morgan fingerprint density at radius 3 is 2.77 bits per heavy atom. The van der Waals surface area contributed by atoms with Gasteiger partial charge in [-0.1, -0.05) is 18.2 Å². The van der Waals surface area contributed by atoms with Crippen molar-refractivity contribution in [1.82, 2.24) is 14.8 Å². The van der Waals surface area contributed by atoms with E-state index in [9.17, 15) is 0 Å². The molecule has 2 aromatic rings. The Morgan fingerprint density at radius 2 is 2.08 bits per heavy atom. The molecule has 65 valence electrons. The summed E-state index contributed by atoms with van der Waals surface area (Å²) in [5.74, 6) is 0.776. The minimum Gasteiger partial charge on any atom is -0.462 e. The number of aromatic nitrogens is 3. The van der Waals surface area contributed by atoms with Crippen LogP contribution >= 0.6 is 0 Å². The fourth-order valence-electron chi connectivity index (χ4n) is 0.886. The Labute approximate surface area is 75.8 Å². The maximum Gasteiger partial charge on any atom is 0.250 e. The summed E-state index contributed by atoms with van der Waals surface area (Å²) < 4.78 is 6.78. The summed E-state index contributed by atoms with van der Waals surface area (Å²) in [5.41, 5.74) is 0. The molecule has 0 amide bonds. The highest BCUT2D eigenvalue weighted by Gasteiger charge is 1.93. The van der Waals surface area contributed by atoms with Crippen LogP contribution in [0.4, 0.5) is 0 Å². The third-order valence-corrected chi connectivity index (χ3v) is 1.48. The first-order valence-electron chi connectivity index (χ1n) is 3.84. The molecular weight excluding hydrogens is 166 g/mol. The van der Waals surface area contributed by atoms with Crippen LogP contribution in [0.25, 0.3) is 0 Å². The number of benzene rings is 1. The van der Waals surface area contributed by atoms with Gasteiger partial charge in [-0.2, -0.15) is 5.10 Å². The Hall–Kier alpha value is -1.84. The highest BCUT2D eigenvalue weighted by molar-refractivity contribution is 5.21. The van der Waals surface area contributed by atoms with Gasteiger partial charge in [0.15, 0.2) is 0 Å². The quantitative estimate of drug-likeness (QED) is 0.704. The fourth-order valence-corrected chi connectivity index (χ4v) is 0.886. The molecule has 0 saturated carbocycles. The molecule has 0 atom stereocenters. The zero-order chi connectivity index (χ0) is 8.93. The number of para-hydroxylation sites is 1. The van der Waals surface area contributed by atoms with Crippen molar-refractivity contribution in [1.29, 1.82) is 0 Å². The van der Waals surface area contributed by atoms with Crippen LogP contribution in [0.15, 0.2) is 43.0 Å². The molecule has 13 heavy (non-hydrogen) atoms. The fraction of sp³-hybridized carbons (Fsp3) is 0. The van der Waals surface area contributed by atoms with E-state index < -0.39 is 0 Å². The van der Waals surface area contributed by atoms with E-state index >= 15 is 0 Å². The summed E-state index contributed by atoms with van der Waals surface area (Å²) in [6.45, 7) is 1.49. The van der Waals surface area contributed by atoms with E-state index in [1.807, 2.05) is 30.3 Å². The minimum atomic E-state index is 0.776. The Balaban J connectivity index is 1.94. The largest absolute Gasteiger partial charge is 0.462 e. The van der Waals surface area contributed by atoms with Crippen molar-refractivity contribution in [3.05, 3.63) is 49.7 Å². The second-order valence-electron chi connectivity index (χ2n) is 2.41. The van der Waals surface area contributed by atoms with Gasteiger partial charge in [0.05, 0.1) is 0 Å². The number of hydrogen-bond acceptors (Lipinski definition) is 3. The van der Waals surface area contributed by atoms with Crippen molar-refractivity contribution in [3.8, 4) is 5.75 Å². The topological polar surface area (TPSA) is 39.9 Å². The Kier molecular flexibility index (Phi) is 2.22. The van der Waals surface area contributed by atoms with Crippen LogP contribution in [0.3, 0.4) is 0 Å². The number of nitrogens with zero attached hydrogens (tertiary/aromatic N) is 3. The third kappa shape index (κ3) is 2.05. The predicted molar refractivity (Wildman–Crippen MR) is 46.8 cm³/mol. The van der Waals surface area contributed by atoms with Gasteiger partial charge < -0.3 is 4.74 Å². The number of rotatable bonds is 3. The highest BCUT2D eigenvalue weighted by Crippen LogP contribution is 2.08. The lowest BCUT2D eigenvalue weighted by atomic mass is 10.3. The minimum absolute atomic E-state index is 0.776. The maximum absolute atomic E-state index is 5.29. The van der Waals surface area contributed by atoms with Crippen LogP contribution in [0, 0.1) is 6.73 Å². The monoisotopic (exact) mass is 174 g/mol. The van der Waals surface area contributed by atoms with Crippen molar-refractivity contribution in [2.75, 3.05) is 0 Å². The van der Waals surface area contributed by atoms with Gasteiger partial charge in [-0.3, -0.25) is 0 Å². The SMILES string of the molecule is [CH](Oc1ccccc1)n1cncn1. The van der Waals surface area contributed by atoms with Gasteiger partial charge in [0.25, 0.3) is 0 Å². The van der Waals surface area contributed by atoms with E-state index in [4.69, 9.17) is 4.74 Å². The molecule has 0 aliphatic carbocycles. The summed E-state index contributed by atoms with van der Waals surface area (Å²) >= 11 is 0. The Bertz CT molecular complexity index is 344. The summed E-state index contributed by atoms with van der Waals surface area (Å²) in [4.78, 5) is 3.78. The molecule has 0 aliphatic heterocycles. The first-order valence-corrected chi connectivity index (χ1v) is 3.84. The first-order chi connectivity index (χ1) is 6.45. The van der Waals surface area contributed by atoms with Gasteiger partial charge in [-0.05, 0) is 12.1 Å². The predicted octanol–water partition coefficient (Wildman–Crippen LogP) is 1.32. The van der Waals surface area contributed by atoms with E-state index in [1.165, 1.54) is 17.7 Å². The Morgan fingerprint density at radius 1 is 1.23 bits per heavy atom. The second kappa shape index (κ2) is 3.71. The first kappa shape index (κ1) is 7.79. The molecule has 0 saturated heterocycles. The van der Waals surface area contributed by atoms with Crippen LogP contribution in [0.1, 0.15) is 0 Å². The molecule has 2 rings (SSSR count). The summed E-state index contributed by atoms with van der Waals surface area (Å²) in [5, 5.41) is 3.86. The summed E-state index contributed by atoms with van der Waals surface area (Å²) in [7, 11) is 0. The lowest BCUT2D eigenvalue weighted by molar-refractivity contribution is 0.361. The second-order valence-corrected chi connectivity index (χ2v) is 2.41. The van der Waals surface area contributed by atoms with Crippen LogP contribution in [-0.2, 0) is 0 Å². The molecule has 0 bridgehead atoms. The van der Waals surface area contributed by atoms with Crippen molar-refractivity contribution < 1.29 is 4.74 Å². The van der Waals surface area contributed by atoms with Crippen LogP contribution in [-0.4, -0.2) is 14.8 Å². The normalized spacial score (nSPS) is 9.85. The average Bonchev–Trinajstić information content (AvgIpc) is 2.69. The summed E-state index contributed by atoms with van der Waals surface area (Å²) in [6.07, 6.45) is 3.01. The van der Waals surface area contributed by atoms with E-state index in [0.717, 1.165) is 5.75 Å². The maximum atomic E-state index is 5.29. The molecule has 0 spiro atoms.